The number of ether oxygens (including phenoxy) is 1. The molecule has 0 fully saturated rings. The Kier molecular flexibility index (Phi) is 3.75. The van der Waals surface area contributed by atoms with Crippen LogP contribution in [-0.4, -0.2) is 22.0 Å². The fourth-order valence-electron chi connectivity index (χ4n) is 1.55. The predicted octanol–water partition coefficient (Wildman–Crippen LogP) is 2.03. The number of carbonyl (C=O) groups excluding carboxylic acids is 1. The van der Waals surface area contributed by atoms with Gasteiger partial charge < -0.3 is 10.5 Å². The van der Waals surface area contributed by atoms with Crippen molar-refractivity contribution in [2.24, 2.45) is 5.73 Å². The van der Waals surface area contributed by atoms with Gasteiger partial charge in [0, 0.05) is 24.0 Å². The molecule has 0 saturated heterocycles. The van der Waals surface area contributed by atoms with Crippen LogP contribution in [0.1, 0.15) is 24.2 Å². The summed E-state index contributed by atoms with van der Waals surface area (Å²) in [5.41, 5.74) is 7.13. The molecule has 5 heteroatoms. The molecule has 2 heterocycles. The standard InChI is InChI=1S/C14H15N3O2/c1-9(2)19-13-6-4-10(7-17-13)12-5-3-11(8-16-12)14(15)18/h3-9H,1-2H3,(H2,15,18). The average molecular weight is 257 g/mol. The van der Waals surface area contributed by atoms with E-state index in [4.69, 9.17) is 10.5 Å². The minimum absolute atomic E-state index is 0.0892. The van der Waals surface area contributed by atoms with Crippen LogP contribution < -0.4 is 10.5 Å². The molecule has 0 spiro atoms. The van der Waals surface area contributed by atoms with Gasteiger partial charge in [0.15, 0.2) is 0 Å². The summed E-state index contributed by atoms with van der Waals surface area (Å²) in [5.74, 6) is 0.0883. The fourth-order valence-corrected chi connectivity index (χ4v) is 1.55. The van der Waals surface area contributed by atoms with Gasteiger partial charge in [-0.25, -0.2) is 4.98 Å². The monoisotopic (exact) mass is 257 g/mol. The molecular weight excluding hydrogens is 242 g/mol. The van der Waals surface area contributed by atoms with Crippen LogP contribution in [-0.2, 0) is 0 Å². The zero-order chi connectivity index (χ0) is 13.8. The van der Waals surface area contributed by atoms with Crippen LogP contribution in [0.15, 0.2) is 36.7 Å². The van der Waals surface area contributed by atoms with Gasteiger partial charge in [-0.05, 0) is 32.0 Å². The first kappa shape index (κ1) is 13.0. The smallest absolute Gasteiger partial charge is 0.250 e. The van der Waals surface area contributed by atoms with Gasteiger partial charge >= 0.3 is 0 Å². The van der Waals surface area contributed by atoms with Crippen molar-refractivity contribution in [3.63, 3.8) is 0 Å². The van der Waals surface area contributed by atoms with Gasteiger partial charge in [-0.15, -0.1) is 0 Å². The van der Waals surface area contributed by atoms with Crippen molar-refractivity contribution in [3.8, 4) is 17.1 Å². The molecule has 0 aromatic carbocycles. The summed E-state index contributed by atoms with van der Waals surface area (Å²) in [6.45, 7) is 3.89. The molecule has 5 nitrogen and oxygen atoms in total. The maximum absolute atomic E-state index is 10.9. The number of aromatic nitrogens is 2. The van der Waals surface area contributed by atoms with Crippen molar-refractivity contribution in [1.82, 2.24) is 9.97 Å². The Labute approximate surface area is 111 Å². The van der Waals surface area contributed by atoms with Crippen molar-refractivity contribution in [1.29, 1.82) is 0 Å². The van der Waals surface area contributed by atoms with E-state index < -0.39 is 5.91 Å². The Morgan fingerprint density at radius 3 is 2.42 bits per heavy atom. The van der Waals surface area contributed by atoms with E-state index in [1.54, 1.807) is 24.4 Å². The van der Waals surface area contributed by atoms with E-state index >= 15 is 0 Å². The molecule has 2 rings (SSSR count). The molecule has 2 aromatic heterocycles. The van der Waals surface area contributed by atoms with Gasteiger partial charge in [0.2, 0.25) is 11.8 Å². The number of nitrogens with two attached hydrogens (primary N) is 1. The molecular formula is C14H15N3O2. The second-order valence-corrected chi connectivity index (χ2v) is 4.35. The third-order valence-corrected chi connectivity index (χ3v) is 2.44. The highest BCUT2D eigenvalue weighted by Gasteiger charge is 2.04. The molecule has 0 aliphatic carbocycles. The lowest BCUT2D eigenvalue weighted by Crippen LogP contribution is -2.11. The van der Waals surface area contributed by atoms with Crippen molar-refractivity contribution in [2.45, 2.75) is 20.0 Å². The molecule has 98 valence electrons. The third kappa shape index (κ3) is 3.28. The minimum atomic E-state index is -0.488. The number of pyridine rings is 2. The number of carbonyl (C=O) groups is 1. The number of hydrogen-bond donors (Lipinski definition) is 1. The first-order valence-electron chi connectivity index (χ1n) is 5.95. The second kappa shape index (κ2) is 5.48. The summed E-state index contributed by atoms with van der Waals surface area (Å²) in [6.07, 6.45) is 3.23. The Hall–Kier alpha value is -2.43. The van der Waals surface area contributed by atoms with Crippen LogP contribution in [0.3, 0.4) is 0 Å². The van der Waals surface area contributed by atoms with E-state index in [0.29, 0.717) is 11.4 Å². The molecule has 2 N–H and O–H groups in total. The van der Waals surface area contributed by atoms with Gasteiger partial charge in [-0.1, -0.05) is 0 Å². The zero-order valence-electron chi connectivity index (χ0n) is 10.8. The quantitative estimate of drug-likeness (QED) is 0.909. The maximum Gasteiger partial charge on any atom is 0.250 e. The van der Waals surface area contributed by atoms with Crippen LogP contribution in [0, 0.1) is 0 Å². The van der Waals surface area contributed by atoms with Gasteiger partial charge in [-0.2, -0.15) is 0 Å². The van der Waals surface area contributed by atoms with E-state index in [1.807, 2.05) is 19.9 Å². The van der Waals surface area contributed by atoms with E-state index in [-0.39, 0.29) is 6.10 Å². The molecule has 0 radical (unpaired) electrons. The second-order valence-electron chi connectivity index (χ2n) is 4.35. The molecule has 2 aromatic rings. The Morgan fingerprint density at radius 1 is 1.16 bits per heavy atom. The summed E-state index contributed by atoms with van der Waals surface area (Å²) in [6, 6.07) is 7.04. The lowest BCUT2D eigenvalue weighted by Gasteiger charge is -2.08. The summed E-state index contributed by atoms with van der Waals surface area (Å²) < 4.78 is 5.46. The fraction of sp³-hybridized carbons (Fsp3) is 0.214. The van der Waals surface area contributed by atoms with Crippen molar-refractivity contribution >= 4 is 5.91 Å². The average Bonchev–Trinajstić information content (AvgIpc) is 2.39. The summed E-state index contributed by atoms with van der Waals surface area (Å²) in [7, 11) is 0. The zero-order valence-corrected chi connectivity index (χ0v) is 10.8. The summed E-state index contributed by atoms with van der Waals surface area (Å²) in [5, 5.41) is 0. The lowest BCUT2D eigenvalue weighted by molar-refractivity contribution is 0.1000. The topological polar surface area (TPSA) is 78.1 Å². The van der Waals surface area contributed by atoms with Crippen LogP contribution in [0.5, 0.6) is 5.88 Å². The molecule has 19 heavy (non-hydrogen) atoms. The SMILES string of the molecule is CC(C)Oc1ccc(-c2ccc(C(N)=O)cn2)cn1. The molecule has 1 amide bonds. The molecule has 0 aliphatic rings. The molecule has 0 saturated carbocycles. The van der Waals surface area contributed by atoms with E-state index in [1.165, 1.54) is 6.20 Å². The van der Waals surface area contributed by atoms with Gasteiger partial charge in [0.1, 0.15) is 0 Å². The third-order valence-electron chi connectivity index (χ3n) is 2.44. The summed E-state index contributed by atoms with van der Waals surface area (Å²) in [4.78, 5) is 19.3. The maximum atomic E-state index is 10.9. The van der Waals surface area contributed by atoms with Crippen LogP contribution in [0.2, 0.25) is 0 Å². The minimum Gasteiger partial charge on any atom is -0.475 e. The Bertz CT molecular complexity index is 562. The molecule has 0 aliphatic heterocycles. The van der Waals surface area contributed by atoms with Gasteiger partial charge in [-0.3, -0.25) is 9.78 Å². The largest absolute Gasteiger partial charge is 0.475 e. The molecule has 0 bridgehead atoms. The Balaban J connectivity index is 2.19. The highest BCUT2D eigenvalue weighted by atomic mass is 16.5. The van der Waals surface area contributed by atoms with E-state index in [9.17, 15) is 4.79 Å². The first-order chi connectivity index (χ1) is 9.06. The number of rotatable bonds is 4. The van der Waals surface area contributed by atoms with Crippen molar-refractivity contribution < 1.29 is 9.53 Å². The number of primary amides is 1. The normalized spacial score (nSPS) is 10.5. The number of amides is 1. The first-order valence-corrected chi connectivity index (χ1v) is 5.95. The van der Waals surface area contributed by atoms with Crippen LogP contribution in [0.4, 0.5) is 0 Å². The Morgan fingerprint density at radius 2 is 1.95 bits per heavy atom. The molecule has 0 atom stereocenters. The van der Waals surface area contributed by atoms with Crippen molar-refractivity contribution in [3.05, 3.63) is 42.2 Å². The summed E-state index contributed by atoms with van der Waals surface area (Å²) >= 11 is 0. The highest BCUT2D eigenvalue weighted by Crippen LogP contribution is 2.18. The van der Waals surface area contributed by atoms with Crippen LogP contribution in [0.25, 0.3) is 11.3 Å². The number of hydrogen-bond acceptors (Lipinski definition) is 4. The predicted molar refractivity (Wildman–Crippen MR) is 71.7 cm³/mol. The van der Waals surface area contributed by atoms with E-state index in [0.717, 1.165) is 11.3 Å². The van der Waals surface area contributed by atoms with E-state index in [2.05, 4.69) is 9.97 Å². The van der Waals surface area contributed by atoms with Crippen molar-refractivity contribution in [2.75, 3.05) is 0 Å². The lowest BCUT2D eigenvalue weighted by atomic mass is 10.1. The van der Waals surface area contributed by atoms with Crippen LogP contribution >= 0.6 is 0 Å². The number of nitrogens with zero attached hydrogens (tertiary/aromatic N) is 2. The van der Waals surface area contributed by atoms with Gasteiger partial charge in [0.05, 0.1) is 17.4 Å². The highest BCUT2D eigenvalue weighted by molar-refractivity contribution is 5.92. The molecule has 0 unspecified atom stereocenters. The van der Waals surface area contributed by atoms with Gasteiger partial charge in [0.25, 0.3) is 0 Å².